The third kappa shape index (κ3) is 3.56. The van der Waals surface area contributed by atoms with E-state index in [2.05, 4.69) is 28.5 Å². The zero-order chi connectivity index (χ0) is 18.8. The maximum atomic E-state index is 12.8. The van der Waals surface area contributed by atoms with Crippen LogP contribution in [0.2, 0.25) is 0 Å². The van der Waals surface area contributed by atoms with Crippen LogP contribution in [0, 0.1) is 6.92 Å². The highest BCUT2D eigenvalue weighted by Gasteiger charge is 2.23. The number of hydrogen-bond acceptors (Lipinski definition) is 3. The minimum Gasteiger partial charge on any atom is -0.481 e. The number of nitrogens with zero attached hydrogens (tertiary/aromatic N) is 1. The third-order valence-corrected chi connectivity index (χ3v) is 5.02. The number of amides is 1. The van der Waals surface area contributed by atoms with Gasteiger partial charge in [0.15, 0.2) is 0 Å². The van der Waals surface area contributed by atoms with Crippen LogP contribution >= 0.6 is 0 Å². The standard InChI is InChI=1S/C23H22N2O2/c1-15-6-5-9-18(10-15)21-13-19(14-24-23(21)27-2)22(26)25-20-11-16-7-3-4-8-17(16)12-20/h3-10,13-14,20H,11-12H2,1-2H3,(H,25,26). The Morgan fingerprint density at radius 1 is 1.07 bits per heavy atom. The average molecular weight is 358 g/mol. The number of pyridine rings is 1. The summed E-state index contributed by atoms with van der Waals surface area (Å²) in [5.41, 5.74) is 6.13. The van der Waals surface area contributed by atoms with Crippen molar-refractivity contribution in [1.82, 2.24) is 10.3 Å². The lowest BCUT2D eigenvalue weighted by Gasteiger charge is -2.14. The molecule has 1 amide bonds. The highest BCUT2D eigenvalue weighted by molar-refractivity contribution is 5.95. The van der Waals surface area contributed by atoms with Gasteiger partial charge in [-0.2, -0.15) is 0 Å². The third-order valence-electron chi connectivity index (χ3n) is 5.02. The first-order valence-electron chi connectivity index (χ1n) is 9.13. The molecule has 2 aromatic carbocycles. The maximum absolute atomic E-state index is 12.8. The second kappa shape index (κ2) is 7.23. The molecule has 0 fully saturated rings. The molecule has 4 heteroatoms. The number of aryl methyl sites for hydroxylation is 1. The van der Waals surface area contributed by atoms with E-state index in [0.717, 1.165) is 29.5 Å². The molecule has 27 heavy (non-hydrogen) atoms. The van der Waals surface area contributed by atoms with Crippen LogP contribution in [0.5, 0.6) is 5.88 Å². The summed E-state index contributed by atoms with van der Waals surface area (Å²) in [5, 5.41) is 3.15. The first kappa shape index (κ1) is 17.3. The molecule has 136 valence electrons. The quantitative estimate of drug-likeness (QED) is 0.768. The predicted molar refractivity (Wildman–Crippen MR) is 106 cm³/mol. The number of carbonyl (C=O) groups excluding carboxylic acids is 1. The Morgan fingerprint density at radius 3 is 2.48 bits per heavy atom. The Labute approximate surface area is 159 Å². The van der Waals surface area contributed by atoms with Gasteiger partial charge in [-0.1, -0.05) is 54.1 Å². The topological polar surface area (TPSA) is 51.2 Å². The van der Waals surface area contributed by atoms with Gasteiger partial charge in [-0.05, 0) is 42.5 Å². The second-order valence-corrected chi connectivity index (χ2v) is 7.00. The van der Waals surface area contributed by atoms with Gasteiger partial charge in [-0.25, -0.2) is 4.98 Å². The van der Waals surface area contributed by atoms with Crippen LogP contribution < -0.4 is 10.1 Å². The van der Waals surface area contributed by atoms with E-state index in [-0.39, 0.29) is 11.9 Å². The van der Waals surface area contributed by atoms with Crippen molar-refractivity contribution in [3.05, 3.63) is 83.0 Å². The van der Waals surface area contributed by atoms with Gasteiger partial charge in [0.1, 0.15) is 0 Å². The molecule has 0 saturated heterocycles. The fraction of sp³-hybridized carbons (Fsp3) is 0.217. The molecule has 0 bridgehead atoms. The summed E-state index contributed by atoms with van der Waals surface area (Å²) in [6.07, 6.45) is 3.32. The highest BCUT2D eigenvalue weighted by atomic mass is 16.5. The number of methoxy groups -OCH3 is 1. The van der Waals surface area contributed by atoms with Crippen molar-refractivity contribution in [1.29, 1.82) is 0 Å². The van der Waals surface area contributed by atoms with Crippen LogP contribution in [-0.4, -0.2) is 24.0 Å². The lowest BCUT2D eigenvalue weighted by Crippen LogP contribution is -2.35. The van der Waals surface area contributed by atoms with Crippen molar-refractivity contribution in [3.63, 3.8) is 0 Å². The van der Waals surface area contributed by atoms with Crippen molar-refractivity contribution in [3.8, 4) is 17.0 Å². The normalized spacial score (nSPS) is 13.3. The van der Waals surface area contributed by atoms with E-state index >= 15 is 0 Å². The molecule has 3 aromatic rings. The summed E-state index contributed by atoms with van der Waals surface area (Å²) in [5.74, 6) is 0.419. The van der Waals surface area contributed by atoms with Crippen molar-refractivity contribution < 1.29 is 9.53 Å². The Morgan fingerprint density at radius 2 is 1.81 bits per heavy atom. The van der Waals surface area contributed by atoms with Crippen molar-refractivity contribution >= 4 is 5.91 Å². The lowest BCUT2D eigenvalue weighted by molar-refractivity contribution is 0.0938. The molecule has 0 aliphatic heterocycles. The van der Waals surface area contributed by atoms with Crippen LogP contribution in [0.25, 0.3) is 11.1 Å². The number of aromatic nitrogens is 1. The SMILES string of the molecule is COc1ncc(C(=O)NC2Cc3ccccc3C2)cc1-c1cccc(C)c1. The number of ether oxygens (including phenoxy) is 1. The van der Waals surface area contributed by atoms with Crippen LogP contribution in [0.15, 0.2) is 60.8 Å². The zero-order valence-corrected chi connectivity index (χ0v) is 15.5. The van der Waals surface area contributed by atoms with Crippen LogP contribution in [0.1, 0.15) is 27.0 Å². The minimum atomic E-state index is -0.100. The largest absolute Gasteiger partial charge is 0.481 e. The van der Waals surface area contributed by atoms with Gasteiger partial charge in [0.25, 0.3) is 5.91 Å². The van der Waals surface area contributed by atoms with E-state index in [1.54, 1.807) is 13.3 Å². The Bertz CT molecular complexity index is 972. The summed E-state index contributed by atoms with van der Waals surface area (Å²) in [6, 6.07) is 18.4. The summed E-state index contributed by atoms with van der Waals surface area (Å²) in [6.45, 7) is 2.04. The van der Waals surface area contributed by atoms with Gasteiger partial charge in [-0.3, -0.25) is 4.79 Å². The first-order chi connectivity index (χ1) is 13.1. The monoisotopic (exact) mass is 358 g/mol. The molecule has 1 heterocycles. The van der Waals surface area contributed by atoms with Crippen LogP contribution in [0.4, 0.5) is 0 Å². The molecule has 1 aliphatic rings. The summed E-state index contributed by atoms with van der Waals surface area (Å²) in [4.78, 5) is 17.2. The molecular weight excluding hydrogens is 336 g/mol. The van der Waals surface area contributed by atoms with E-state index in [9.17, 15) is 4.79 Å². The van der Waals surface area contributed by atoms with Gasteiger partial charge in [0.2, 0.25) is 5.88 Å². The summed E-state index contributed by atoms with van der Waals surface area (Å²) >= 11 is 0. The maximum Gasteiger partial charge on any atom is 0.253 e. The molecule has 1 aliphatic carbocycles. The van der Waals surface area contributed by atoms with Gasteiger partial charge < -0.3 is 10.1 Å². The molecular formula is C23H22N2O2. The van der Waals surface area contributed by atoms with Crippen molar-refractivity contribution in [2.24, 2.45) is 0 Å². The molecule has 1 N–H and O–H groups in total. The van der Waals surface area contributed by atoms with Crippen LogP contribution in [-0.2, 0) is 12.8 Å². The van der Waals surface area contributed by atoms with E-state index in [4.69, 9.17) is 4.74 Å². The zero-order valence-electron chi connectivity index (χ0n) is 15.5. The van der Waals surface area contributed by atoms with Crippen molar-refractivity contribution in [2.75, 3.05) is 7.11 Å². The highest BCUT2D eigenvalue weighted by Crippen LogP contribution is 2.29. The number of benzene rings is 2. The smallest absolute Gasteiger partial charge is 0.253 e. The van der Waals surface area contributed by atoms with Gasteiger partial charge in [0.05, 0.1) is 12.7 Å². The molecule has 0 saturated carbocycles. The molecule has 1 aromatic heterocycles. The van der Waals surface area contributed by atoms with E-state index in [1.807, 2.05) is 43.3 Å². The van der Waals surface area contributed by atoms with E-state index in [0.29, 0.717) is 11.4 Å². The summed E-state index contributed by atoms with van der Waals surface area (Å²) in [7, 11) is 1.59. The number of hydrogen-bond donors (Lipinski definition) is 1. The molecule has 0 radical (unpaired) electrons. The van der Waals surface area contributed by atoms with Gasteiger partial charge in [-0.15, -0.1) is 0 Å². The second-order valence-electron chi connectivity index (χ2n) is 7.00. The number of nitrogens with one attached hydrogen (secondary N) is 1. The Kier molecular flexibility index (Phi) is 4.63. The molecule has 0 unspecified atom stereocenters. The molecule has 0 spiro atoms. The number of fused-ring (bicyclic) bond motifs is 1. The fourth-order valence-corrected chi connectivity index (χ4v) is 3.69. The minimum absolute atomic E-state index is 0.100. The average Bonchev–Trinajstić information content (AvgIpc) is 3.09. The Hall–Kier alpha value is -3.14. The van der Waals surface area contributed by atoms with Gasteiger partial charge >= 0.3 is 0 Å². The van der Waals surface area contributed by atoms with E-state index < -0.39 is 0 Å². The number of carbonyl (C=O) groups is 1. The van der Waals surface area contributed by atoms with Gasteiger partial charge in [0, 0.05) is 17.8 Å². The molecule has 0 atom stereocenters. The number of rotatable bonds is 4. The van der Waals surface area contributed by atoms with Crippen LogP contribution in [0.3, 0.4) is 0 Å². The lowest BCUT2D eigenvalue weighted by atomic mass is 10.0. The first-order valence-corrected chi connectivity index (χ1v) is 9.13. The predicted octanol–water partition coefficient (Wildman–Crippen LogP) is 3.96. The molecule has 4 rings (SSSR count). The Balaban J connectivity index is 1.57. The summed E-state index contributed by atoms with van der Waals surface area (Å²) < 4.78 is 5.41. The fourth-order valence-electron chi connectivity index (χ4n) is 3.69. The molecule has 4 nitrogen and oxygen atoms in total. The van der Waals surface area contributed by atoms with Crippen molar-refractivity contribution in [2.45, 2.75) is 25.8 Å². The van der Waals surface area contributed by atoms with E-state index in [1.165, 1.54) is 11.1 Å².